The van der Waals surface area contributed by atoms with Crippen LogP contribution in [0.4, 0.5) is 10.1 Å². The van der Waals surface area contributed by atoms with Crippen LogP contribution in [0.1, 0.15) is 11.4 Å². The van der Waals surface area contributed by atoms with E-state index in [1.54, 1.807) is 0 Å². The van der Waals surface area contributed by atoms with Gasteiger partial charge in [-0.05, 0) is 42.8 Å². The molecule has 23 heavy (non-hydrogen) atoms. The van der Waals surface area contributed by atoms with Crippen LogP contribution in [0.5, 0.6) is 0 Å². The molecule has 6 heteroatoms. The lowest BCUT2D eigenvalue weighted by Crippen LogP contribution is -2.15. The van der Waals surface area contributed by atoms with Crippen molar-refractivity contribution in [3.8, 4) is 11.5 Å². The Labute approximate surface area is 132 Å². The quantitative estimate of drug-likeness (QED) is 0.802. The summed E-state index contributed by atoms with van der Waals surface area (Å²) in [5.74, 6) is 0.0216. The number of nitrogens with zero attached hydrogens (tertiary/aromatic N) is 2. The molecule has 0 aliphatic carbocycles. The molecule has 5 nitrogen and oxygen atoms in total. The molecule has 0 radical (unpaired) electrons. The van der Waals surface area contributed by atoms with Gasteiger partial charge in [0.15, 0.2) is 5.82 Å². The molecule has 1 aromatic heterocycles. The van der Waals surface area contributed by atoms with Crippen LogP contribution >= 0.6 is 0 Å². The van der Waals surface area contributed by atoms with Gasteiger partial charge in [0.1, 0.15) is 5.82 Å². The molecule has 3 rings (SSSR count). The summed E-state index contributed by atoms with van der Waals surface area (Å²) in [6, 6.07) is 13.2. The van der Waals surface area contributed by atoms with Gasteiger partial charge in [-0.2, -0.15) is 4.98 Å². The molecule has 1 amide bonds. The molecule has 0 saturated carbocycles. The number of hydrogen-bond donors (Lipinski definition) is 1. The SMILES string of the molecule is Cc1ccccc1-c1nc(CC(=O)Nc2ccc(F)cc2)no1. The highest BCUT2D eigenvalue weighted by atomic mass is 19.1. The zero-order chi connectivity index (χ0) is 16.2. The van der Waals surface area contributed by atoms with E-state index in [1.807, 2.05) is 31.2 Å². The smallest absolute Gasteiger partial charge is 0.258 e. The highest BCUT2D eigenvalue weighted by molar-refractivity contribution is 5.91. The second-order valence-corrected chi connectivity index (χ2v) is 5.06. The molecule has 0 aliphatic rings. The van der Waals surface area contributed by atoms with Crippen LogP contribution in [-0.4, -0.2) is 16.0 Å². The van der Waals surface area contributed by atoms with Gasteiger partial charge in [-0.1, -0.05) is 23.4 Å². The summed E-state index contributed by atoms with van der Waals surface area (Å²) in [6.45, 7) is 1.94. The second kappa shape index (κ2) is 6.39. The predicted molar refractivity (Wildman–Crippen MR) is 83.2 cm³/mol. The van der Waals surface area contributed by atoms with E-state index in [9.17, 15) is 9.18 Å². The van der Waals surface area contributed by atoms with Crippen molar-refractivity contribution in [3.63, 3.8) is 0 Å². The first-order valence-electron chi connectivity index (χ1n) is 7.06. The van der Waals surface area contributed by atoms with Crippen LogP contribution in [0.15, 0.2) is 53.1 Å². The minimum Gasteiger partial charge on any atom is -0.334 e. The van der Waals surface area contributed by atoms with Crippen molar-refractivity contribution in [2.45, 2.75) is 13.3 Å². The number of hydrogen-bond acceptors (Lipinski definition) is 4. The van der Waals surface area contributed by atoms with Crippen molar-refractivity contribution in [1.29, 1.82) is 0 Å². The summed E-state index contributed by atoms with van der Waals surface area (Å²) in [5, 5.41) is 6.47. The van der Waals surface area contributed by atoms with Crippen LogP contribution in [-0.2, 0) is 11.2 Å². The summed E-state index contributed by atoms with van der Waals surface area (Å²) in [5.41, 5.74) is 2.36. The molecule has 0 atom stereocenters. The fourth-order valence-electron chi connectivity index (χ4n) is 2.13. The molecule has 0 unspecified atom stereocenters. The number of halogens is 1. The van der Waals surface area contributed by atoms with Crippen molar-refractivity contribution in [2.75, 3.05) is 5.32 Å². The maximum absolute atomic E-state index is 12.8. The van der Waals surface area contributed by atoms with E-state index in [0.717, 1.165) is 11.1 Å². The molecule has 0 aliphatic heterocycles. The standard InChI is InChI=1S/C17H14FN3O2/c1-11-4-2-3-5-14(11)17-20-15(21-23-17)10-16(22)19-13-8-6-12(18)7-9-13/h2-9H,10H2,1H3,(H,19,22). The zero-order valence-electron chi connectivity index (χ0n) is 12.4. The Bertz CT molecular complexity index is 828. The van der Waals surface area contributed by atoms with E-state index in [4.69, 9.17) is 4.52 Å². The van der Waals surface area contributed by atoms with Gasteiger partial charge in [0.05, 0.1) is 6.42 Å². The second-order valence-electron chi connectivity index (χ2n) is 5.06. The van der Waals surface area contributed by atoms with E-state index >= 15 is 0 Å². The maximum Gasteiger partial charge on any atom is 0.258 e. The van der Waals surface area contributed by atoms with Gasteiger partial charge < -0.3 is 9.84 Å². The highest BCUT2D eigenvalue weighted by Crippen LogP contribution is 2.21. The minimum atomic E-state index is -0.357. The number of rotatable bonds is 4. The molecule has 0 fully saturated rings. The number of anilines is 1. The van der Waals surface area contributed by atoms with Crippen molar-refractivity contribution in [1.82, 2.24) is 10.1 Å². The summed E-state index contributed by atoms with van der Waals surface area (Å²) in [7, 11) is 0. The Balaban J connectivity index is 1.68. The number of carbonyl (C=O) groups excluding carboxylic acids is 1. The Morgan fingerprint density at radius 3 is 2.65 bits per heavy atom. The Morgan fingerprint density at radius 2 is 1.91 bits per heavy atom. The third-order valence-electron chi connectivity index (χ3n) is 3.29. The lowest BCUT2D eigenvalue weighted by Gasteiger charge is -2.02. The van der Waals surface area contributed by atoms with Gasteiger partial charge in [-0.15, -0.1) is 0 Å². The number of aromatic nitrogens is 2. The third kappa shape index (κ3) is 3.60. The van der Waals surface area contributed by atoms with Gasteiger partial charge in [0.2, 0.25) is 5.91 Å². The summed E-state index contributed by atoms with van der Waals surface area (Å²) >= 11 is 0. The van der Waals surface area contributed by atoms with Gasteiger partial charge in [-0.25, -0.2) is 4.39 Å². The van der Waals surface area contributed by atoms with Crippen LogP contribution in [0.3, 0.4) is 0 Å². The van der Waals surface area contributed by atoms with E-state index in [1.165, 1.54) is 24.3 Å². The van der Waals surface area contributed by atoms with Crippen molar-refractivity contribution >= 4 is 11.6 Å². The largest absolute Gasteiger partial charge is 0.334 e. The molecule has 0 saturated heterocycles. The number of aryl methyl sites for hydroxylation is 1. The fraction of sp³-hybridized carbons (Fsp3) is 0.118. The van der Waals surface area contributed by atoms with Crippen molar-refractivity contribution in [2.24, 2.45) is 0 Å². The molecular formula is C17H14FN3O2. The van der Waals surface area contributed by atoms with Crippen LogP contribution < -0.4 is 5.32 Å². The lowest BCUT2D eigenvalue weighted by atomic mass is 10.1. The molecule has 0 spiro atoms. The van der Waals surface area contributed by atoms with Crippen LogP contribution in [0, 0.1) is 12.7 Å². The first-order chi connectivity index (χ1) is 11.1. The fourth-order valence-corrected chi connectivity index (χ4v) is 2.13. The monoisotopic (exact) mass is 311 g/mol. The first kappa shape index (κ1) is 14.9. The molecule has 2 aromatic carbocycles. The average molecular weight is 311 g/mol. The van der Waals surface area contributed by atoms with E-state index in [-0.39, 0.29) is 18.1 Å². The minimum absolute atomic E-state index is 0.0211. The van der Waals surface area contributed by atoms with Crippen LogP contribution in [0.25, 0.3) is 11.5 Å². The van der Waals surface area contributed by atoms with Gasteiger partial charge in [0, 0.05) is 11.3 Å². The predicted octanol–water partition coefficient (Wildman–Crippen LogP) is 3.37. The summed E-state index contributed by atoms with van der Waals surface area (Å²) < 4.78 is 18.0. The van der Waals surface area contributed by atoms with Crippen molar-refractivity contribution in [3.05, 3.63) is 65.7 Å². The van der Waals surface area contributed by atoms with Crippen LogP contribution in [0.2, 0.25) is 0 Å². The zero-order valence-corrected chi connectivity index (χ0v) is 12.4. The molecule has 1 N–H and O–H groups in total. The molecular weight excluding hydrogens is 297 g/mol. The third-order valence-corrected chi connectivity index (χ3v) is 3.29. The number of nitrogens with one attached hydrogen (secondary N) is 1. The molecule has 1 heterocycles. The number of carbonyl (C=O) groups is 1. The highest BCUT2D eigenvalue weighted by Gasteiger charge is 2.13. The number of benzene rings is 2. The molecule has 3 aromatic rings. The van der Waals surface area contributed by atoms with Gasteiger partial charge in [0.25, 0.3) is 5.89 Å². The van der Waals surface area contributed by atoms with Crippen molar-refractivity contribution < 1.29 is 13.7 Å². The van der Waals surface area contributed by atoms with E-state index in [0.29, 0.717) is 17.4 Å². The molecule has 116 valence electrons. The Kier molecular flexibility index (Phi) is 4.14. The van der Waals surface area contributed by atoms with E-state index < -0.39 is 0 Å². The average Bonchev–Trinajstić information content (AvgIpc) is 2.98. The summed E-state index contributed by atoms with van der Waals surface area (Å²) in [6.07, 6.45) is -0.0211. The Hall–Kier alpha value is -3.02. The van der Waals surface area contributed by atoms with Gasteiger partial charge in [-0.3, -0.25) is 4.79 Å². The lowest BCUT2D eigenvalue weighted by molar-refractivity contribution is -0.115. The molecule has 0 bridgehead atoms. The topological polar surface area (TPSA) is 68.0 Å². The summed E-state index contributed by atoms with van der Waals surface area (Å²) in [4.78, 5) is 16.2. The maximum atomic E-state index is 12.8. The first-order valence-corrected chi connectivity index (χ1v) is 7.06. The van der Waals surface area contributed by atoms with Gasteiger partial charge >= 0.3 is 0 Å². The number of amides is 1. The Morgan fingerprint density at radius 1 is 1.17 bits per heavy atom. The normalized spacial score (nSPS) is 10.5. The van der Waals surface area contributed by atoms with E-state index in [2.05, 4.69) is 15.5 Å².